The van der Waals surface area contributed by atoms with Gasteiger partial charge in [0.15, 0.2) is 0 Å². The minimum absolute atomic E-state index is 0.121. The van der Waals surface area contributed by atoms with Gasteiger partial charge in [-0.25, -0.2) is 0 Å². The van der Waals surface area contributed by atoms with E-state index in [4.69, 9.17) is 16.3 Å². The number of halogens is 1. The molecule has 0 aromatic heterocycles. The Bertz CT molecular complexity index is 428. The number of esters is 1. The molecular weight excluding hydrogens is 250 g/mol. The van der Waals surface area contributed by atoms with Gasteiger partial charge in [0.05, 0.1) is 12.5 Å². The lowest BCUT2D eigenvalue weighted by Gasteiger charge is -2.35. The second-order valence-corrected chi connectivity index (χ2v) is 5.20. The molecule has 0 atom stereocenters. The molecular formula is C14H18ClNO2. The first-order chi connectivity index (χ1) is 8.68. The van der Waals surface area contributed by atoms with Crippen LogP contribution in [0, 0.1) is 5.41 Å². The second kappa shape index (κ2) is 5.72. The number of piperidine rings is 1. The van der Waals surface area contributed by atoms with E-state index in [0.29, 0.717) is 6.42 Å². The summed E-state index contributed by atoms with van der Waals surface area (Å²) in [6.45, 7) is 1.69. The summed E-state index contributed by atoms with van der Waals surface area (Å²) in [4.78, 5) is 12.1. The second-order valence-electron chi connectivity index (χ2n) is 4.79. The van der Waals surface area contributed by atoms with Crippen LogP contribution in [0.1, 0.15) is 18.4 Å². The lowest BCUT2D eigenvalue weighted by atomic mass is 9.74. The highest BCUT2D eigenvalue weighted by Crippen LogP contribution is 2.36. The zero-order chi connectivity index (χ0) is 13.0. The van der Waals surface area contributed by atoms with Gasteiger partial charge in [0, 0.05) is 5.02 Å². The third-order valence-corrected chi connectivity index (χ3v) is 4.03. The van der Waals surface area contributed by atoms with Crippen molar-refractivity contribution >= 4 is 17.6 Å². The molecule has 1 aromatic rings. The van der Waals surface area contributed by atoms with E-state index in [2.05, 4.69) is 5.32 Å². The molecule has 0 amide bonds. The summed E-state index contributed by atoms with van der Waals surface area (Å²) >= 11 is 6.19. The summed E-state index contributed by atoms with van der Waals surface area (Å²) in [5, 5.41) is 4.00. The zero-order valence-corrected chi connectivity index (χ0v) is 11.3. The molecule has 1 aliphatic rings. The van der Waals surface area contributed by atoms with Gasteiger partial charge in [0.1, 0.15) is 0 Å². The molecule has 0 saturated carbocycles. The normalized spacial score (nSPS) is 18.3. The van der Waals surface area contributed by atoms with Crippen LogP contribution in [0.2, 0.25) is 5.02 Å². The number of hydrogen-bond donors (Lipinski definition) is 1. The Morgan fingerprint density at radius 2 is 2.06 bits per heavy atom. The summed E-state index contributed by atoms with van der Waals surface area (Å²) in [6, 6.07) is 7.70. The van der Waals surface area contributed by atoms with Crippen LogP contribution in [0.15, 0.2) is 24.3 Å². The molecule has 1 N–H and O–H groups in total. The third kappa shape index (κ3) is 2.68. The third-order valence-electron chi connectivity index (χ3n) is 3.67. The minimum atomic E-state index is -0.426. The summed E-state index contributed by atoms with van der Waals surface area (Å²) in [6.07, 6.45) is 2.25. The monoisotopic (exact) mass is 267 g/mol. The highest BCUT2D eigenvalue weighted by Gasteiger charge is 2.40. The van der Waals surface area contributed by atoms with E-state index in [-0.39, 0.29) is 5.97 Å². The van der Waals surface area contributed by atoms with E-state index in [9.17, 15) is 4.79 Å². The van der Waals surface area contributed by atoms with Gasteiger partial charge in [0.25, 0.3) is 0 Å². The highest BCUT2D eigenvalue weighted by atomic mass is 35.5. The van der Waals surface area contributed by atoms with E-state index in [1.54, 1.807) is 0 Å². The number of benzene rings is 1. The number of carbonyl (C=O) groups is 1. The minimum Gasteiger partial charge on any atom is -0.469 e. The Hall–Kier alpha value is -1.06. The van der Waals surface area contributed by atoms with Crippen molar-refractivity contribution < 1.29 is 9.53 Å². The summed E-state index contributed by atoms with van der Waals surface area (Å²) in [5.74, 6) is -0.121. The van der Waals surface area contributed by atoms with Crippen molar-refractivity contribution in [3.8, 4) is 0 Å². The van der Waals surface area contributed by atoms with Crippen LogP contribution in [0.3, 0.4) is 0 Å². The Morgan fingerprint density at radius 3 is 2.67 bits per heavy atom. The smallest absolute Gasteiger partial charge is 0.312 e. The first kappa shape index (κ1) is 13.4. The topological polar surface area (TPSA) is 38.3 Å². The van der Waals surface area contributed by atoms with Gasteiger partial charge in [-0.15, -0.1) is 0 Å². The summed E-state index contributed by atoms with van der Waals surface area (Å²) in [5.41, 5.74) is 0.594. The van der Waals surface area contributed by atoms with Crippen molar-refractivity contribution in [2.75, 3.05) is 20.2 Å². The molecule has 0 aliphatic carbocycles. The Kier molecular flexibility index (Phi) is 4.25. The molecule has 4 heteroatoms. The standard InChI is InChI=1S/C14H18ClNO2/c1-18-13(17)14(6-8-16-9-7-14)10-11-4-2-3-5-12(11)15/h2-5,16H,6-10H2,1H3. The molecule has 0 spiro atoms. The van der Waals surface area contributed by atoms with Crippen LogP contribution in [-0.2, 0) is 16.0 Å². The fourth-order valence-electron chi connectivity index (χ4n) is 2.58. The first-order valence-electron chi connectivity index (χ1n) is 6.20. The predicted octanol–water partition coefficient (Wildman–Crippen LogP) is 2.43. The lowest BCUT2D eigenvalue weighted by Crippen LogP contribution is -2.44. The van der Waals surface area contributed by atoms with Gasteiger partial charge in [-0.1, -0.05) is 29.8 Å². The number of rotatable bonds is 3. The Labute approximate surface area is 112 Å². The molecule has 1 fully saturated rings. The molecule has 0 radical (unpaired) electrons. The number of carbonyl (C=O) groups excluding carboxylic acids is 1. The van der Waals surface area contributed by atoms with Gasteiger partial charge < -0.3 is 10.1 Å². The van der Waals surface area contributed by atoms with E-state index < -0.39 is 5.41 Å². The van der Waals surface area contributed by atoms with Gasteiger partial charge in [-0.3, -0.25) is 4.79 Å². The average molecular weight is 268 g/mol. The fraction of sp³-hybridized carbons (Fsp3) is 0.500. The number of hydrogen-bond acceptors (Lipinski definition) is 3. The summed E-state index contributed by atoms with van der Waals surface area (Å²) < 4.78 is 5.00. The molecule has 1 saturated heterocycles. The Morgan fingerprint density at radius 1 is 1.39 bits per heavy atom. The Balaban J connectivity index is 2.25. The van der Waals surface area contributed by atoms with Crippen LogP contribution >= 0.6 is 11.6 Å². The highest BCUT2D eigenvalue weighted by molar-refractivity contribution is 6.31. The van der Waals surface area contributed by atoms with E-state index in [1.165, 1.54) is 7.11 Å². The zero-order valence-electron chi connectivity index (χ0n) is 10.5. The molecule has 3 nitrogen and oxygen atoms in total. The van der Waals surface area contributed by atoms with Gasteiger partial charge in [0.2, 0.25) is 0 Å². The van der Waals surface area contributed by atoms with Crippen LogP contribution in [0.25, 0.3) is 0 Å². The molecule has 0 unspecified atom stereocenters. The van der Waals surface area contributed by atoms with Crippen molar-refractivity contribution in [1.29, 1.82) is 0 Å². The largest absolute Gasteiger partial charge is 0.469 e. The van der Waals surface area contributed by atoms with Crippen molar-refractivity contribution in [2.45, 2.75) is 19.3 Å². The molecule has 18 heavy (non-hydrogen) atoms. The average Bonchev–Trinajstić information content (AvgIpc) is 2.41. The van der Waals surface area contributed by atoms with Crippen LogP contribution < -0.4 is 5.32 Å². The number of ether oxygens (including phenoxy) is 1. The SMILES string of the molecule is COC(=O)C1(Cc2ccccc2Cl)CCNCC1. The van der Waals surface area contributed by atoms with Crippen molar-refractivity contribution in [3.05, 3.63) is 34.9 Å². The van der Waals surface area contributed by atoms with Gasteiger partial charge >= 0.3 is 5.97 Å². The maximum atomic E-state index is 12.1. The molecule has 0 bridgehead atoms. The quantitative estimate of drug-likeness (QED) is 0.855. The lowest BCUT2D eigenvalue weighted by molar-refractivity contribution is -0.154. The predicted molar refractivity (Wildman–Crippen MR) is 71.7 cm³/mol. The molecule has 2 rings (SSSR count). The summed E-state index contributed by atoms with van der Waals surface area (Å²) in [7, 11) is 1.46. The first-order valence-corrected chi connectivity index (χ1v) is 6.58. The van der Waals surface area contributed by atoms with Crippen molar-refractivity contribution in [1.82, 2.24) is 5.32 Å². The van der Waals surface area contributed by atoms with Crippen molar-refractivity contribution in [2.24, 2.45) is 5.41 Å². The van der Waals surface area contributed by atoms with Crippen LogP contribution in [0.4, 0.5) is 0 Å². The van der Waals surface area contributed by atoms with Gasteiger partial charge in [-0.2, -0.15) is 0 Å². The van der Waals surface area contributed by atoms with Crippen LogP contribution in [-0.4, -0.2) is 26.2 Å². The number of methoxy groups -OCH3 is 1. The number of nitrogens with one attached hydrogen (secondary N) is 1. The molecule has 1 aromatic carbocycles. The van der Waals surface area contributed by atoms with Gasteiger partial charge in [-0.05, 0) is 44.0 Å². The van der Waals surface area contributed by atoms with E-state index >= 15 is 0 Å². The van der Waals surface area contributed by atoms with E-state index in [1.807, 2.05) is 24.3 Å². The fourth-order valence-corrected chi connectivity index (χ4v) is 2.78. The maximum absolute atomic E-state index is 12.1. The van der Waals surface area contributed by atoms with Crippen LogP contribution in [0.5, 0.6) is 0 Å². The van der Waals surface area contributed by atoms with E-state index in [0.717, 1.165) is 36.5 Å². The molecule has 98 valence electrons. The van der Waals surface area contributed by atoms with Crippen molar-refractivity contribution in [3.63, 3.8) is 0 Å². The maximum Gasteiger partial charge on any atom is 0.312 e. The molecule has 1 heterocycles. The molecule has 1 aliphatic heterocycles.